The van der Waals surface area contributed by atoms with E-state index in [1.807, 2.05) is 0 Å². The summed E-state index contributed by atoms with van der Waals surface area (Å²) in [6, 6.07) is 10.5. The van der Waals surface area contributed by atoms with Crippen LogP contribution in [-0.4, -0.2) is 22.5 Å². The Morgan fingerprint density at radius 1 is 0.853 bits per heavy atom. The van der Waals surface area contributed by atoms with Gasteiger partial charge in [0.05, 0.1) is 16.8 Å². The van der Waals surface area contributed by atoms with Gasteiger partial charge in [0, 0.05) is 22.6 Å². The Balaban J connectivity index is 1.67. The van der Waals surface area contributed by atoms with Crippen LogP contribution in [0.2, 0.25) is 0 Å². The van der Waals surface area contributed by atoms with Crippen LogP contribution in [0, 0.1) is 17.5 Å². The Morgan fingerprint density at radius 2 is 1.65 bits per heavy atom. The van der Waals surface area contributed by atoms with Crippen LogP contribution < -0.4 is 10.6 Å². The SMILES string of the molecule is Fc1cc(F)c2c(c1)C(Nc1nc(-c3ccc(F)cc3C(F)(F)F)nc3ccccc13)=NCN2. The summed E-state index contributed by atoms with van der Waals surface area (Å²) in [5, 5.41) is 6.03. The highest BCUT2D eigenvalue weighted by atomic mass is 19.4. The maximum absolute atomic E-state index is 14.2. The molecule has 0 saturated carbocycles. The molecule has 0 radical (unpaired) electrons. The summed E-state index contributed by atoms with van der Waals surface area (Å²) in [5.41, 5.74) is -1.25. The van der Waals surface area contributed by atoms with E-state index in [2.05, 4.69) is 25.6 Å². The zero-order chi connectivity index (χ0) is 24.0. The van der Waals surface area contributed by atoms with Gasteiger partial charge in [0.2, 0.25) is 0 Å². The molecule has 11 heteroatoms. The van der Waals surface area contributed by atoms with Crippen LogP contribution in [0.3, 0.4) is 0 Å². The lowest BCUT2D eigenvalue weighted by molar-refractivity contribution is -0.137. The topological polar surface area (TPSA) is 62.2 Å². The van der Waals surface area contributed by atoms with Gasteiger partial charge in [-0.15, -0.1) is 0 Å². The highest BCUT2D eigenvalue weighted by Crippen LogP contribution is 2.37. The summed E-state index contributed by atoms with van der Waals surface area (Å²) in [6.45, 7) is -0.0239. The normalized spacial score (nSPS) is 13.3. The number of aliphatic imine (C=N–C) groups is 1. The monoisotopic (exact) mass is 473 g/mol. The molecule has 0 atom stereocenters. The van der Waals surface area contributed by atoms with Crippen LogP contribution in [0.1, 0.15) is 11.1 Å². The van der Waals surface area contributed by atoms with E-state index in [1.54, 1.807) is 24.3 Å². The number of anilines is 2. The number of amidine groups is 1. The Labute approximate surface area is 188 Å². The molecular formula is C23H13F6N5. The fourth-order valence-electron chi connectivity index (χ4n) is 3.68. The van der Waals surface area contributed by atoms with E-state index in [0.717, 1.165) is 24.3 Å². The Kier molecular flexibility index (Phi) is 5.11. The second-order valence-electron chi connectivity index (χ2n) is 7.38. The predicted molar refractivity (Wildman–Crippen MR) is 115 cm³/mol. The molecule has 0 bridgehead atoms. The van der Waals surface area contributed by atoms with Crippen molar-refractivity contribution in [2.24, 2.45) is 4.99 Å². The summed E-state index contributed by atoms with van der Waals surface area (Å²) in [5.74, 6) is -2.89. The fraction of sp³-hybridized carbons (Fsp3) is 0.0870. The first kappa shape index (κ1) is 21.7. The van der Waals surface area contributed by atoms with E-state index in [0.29, 0.717) is 17.0 Å². The van der Waals surface area contributed by atoms with Crippen molar-refractivity contribution in [1.82, 2.24) is 9.97 Å². The van der Waals surface area contributed by atoms with E-state index in [1.165, 1.54) is 0 Å². The van der Waals surface area contributed by atoms with Crippen molar-refractivity contribution in [2.75, 3.05) is 17.3 Å². The molecule has 0 amide bonds. The number of halogens is 6. The number of aromatic nitrogens is 2. The molecule has 172 valence electrons. The minimum Gasteiger partial charge on any atom is -0.363 e. The third-order valence-corrected chi connectivity index (χ3v) is 5.17. The van der Waals surface area contributed by atoms with E-state index >= 15 is 0 Å². The number of hydrogen-bond acceptors (Lipinski definition) is 5. The lowest BCUT2D eigenvalue weighted by Crippen LogP contribution is -2.24. The van der Waals surface area contributed by atoms with Crippen LogP contribution in [-0.2, 0) is 6.18 Å². The number of nitrogens with zero attached hydrogens (tertiary/aromatic N) is 3. The van der Waals surface area contributed by atoms with Crippen LogP contribution >= 0.6 is 0 Å². The summed E-state index contributed by atoms with van der Waals surface area (Å²) in [7, 11) is 0. The number of nitrogens with one attached hydrogen (secondary N) is 2. The number of benzene rings is 3. The number of fused-ring (bicyclic) bond motifs is 2. The highest BCUT2D eigenvalue weighted by molar-refractivity contribution is 6.14. The summed E-state index contributed by atoms with van der Waals surface area (Å²) in [6.07, 6.45) is -4.85. The molecular weight excluding hydrogens is 460 g/mol. The van der Waals surface area contributed by atoms with Crippen molar-refractivity contribution < 1.29 is 26.3 Å². The second kappa shape index (κ2) is 8.01. The molecule has 5 nitrogen and oxygen atoms in total. The van der Waals surface area contributed by atoms with Crippen LogP contribution in [0.25, 0.3) is 22.3 Å². The molecule has 1 aliphatic heterocycles. The Hall–Kier alpha value is -4.15. The smallest absolute Gasteiger partial charge is 0.363 e. The van der Waals surface area contributed by atoms with Gasteiger partial charge in [-0.1, -0.05) is 12.1 Å². The summed E-state index contributed by atoms with van der Waals surface area (Å²) >= 11 is 0. The van der Waals surface area contributed by atoms with E-state index in [-0.39, 0.29) is 35.4 Å². The van der Waals surface area contributed by atoms with Crippen LogP contribution in [0.15, 0.2) is 59.6 Å². The van der Waals surface area contributed by atoms with Gasteiger partial charge in [-0.05, 0) is 36.4 Å². The van der Waals surface area contributed by atoms with Gasteiger partial charge >= 0.3 is 6.18 Å². The molecule has 0 unspecified atom stereocenters. The van der Waals surface area contributed by atoms with Gasteiger partial charge in [0.1, 0.15) is 35.8 Å². The molecule has 2 heterocycles. The average molecular weight is 473 g/mol. The van der Waals surface area contributed by atoms with Crippen molar-refractivity contribution in [3.63, 3.8) is 0 Å². The molecule has 34 heavy (non-hydrogen) atoms. The van der Waals surface area contributed by atoms with Gasteiger partial charge in [-0.3, -0.25) is 0 Å². The van der Waals surface area contributed by atoms with Crippen LogP contribution in [0.5, 0.6) is 0 Å². The van der Waals surface area contributed by atoms with Crippen molar-refractivity contribution in [1.29, 1.82) is 0 Å². The first-order valence-corrected chi connectivity index (χ1v) is 9.89. The molecule has 5 rings (SSSR count). The first-order valence-electron chi connectivity index (χ1n) is 9.89. The minimum absolute atomic E-state index is 0.0235. The Morgan fingerprint density at radius 3 is 2.44 bits per heavy atom. The van der Waals surface area contributed by atoms with E-state index in [9.17, 15) is 26.3 Å². The highest BCUT2D eigenvalue weighted by Gasteiger charge is 2.35. The van der Waals surface area contributed by atoms with E-state index in [4.69, 9.17) is 0 Å². The zero-order valence-corrected chi connectivity index (χ0v) is 17.0. The summed E-state index contributed by atoms with van der Waals surface area (Å²) in [4.78, 5) is 12.7. The lowest BCUT2D eigenvalue weighted by Gasteiger charge is -2.21. The number of para-hydroxylation sites is 1. The van der Waals surface area contributed by atoms with Gasteiger partial charge < -0.3 is 10.6 Å². The first-order chi connectivity index (χ1) is 16.2. The van der Waals surface area contributed by atoms with Crippen molar-refractivity contribution >= 4 is 28.2 Å². The average Bonchev–Trinajstić information content (AvgIpc) is 2.79. The fourth-order valence-corrected chi connectivity index (χ4v) is 3.68. The standard InChI is InChI=1S/C23H13F6N5/c24-11-5-6-13(16(8-11)23(27,28)29)21-32-18-4-2-1-3-14(18)22(34-21)33-20-15-7-12(25)9-17(26)19(15)30-10-31-20/h1-9,30H,10H2,(H,31,32,33,34). The molecule has 0 fully saturated rings. The number of rotatable bonds is 2. The Bertz CT molecular complexity index is 1460. The predicted octanol–water partition coefficient (Wildman–Crippen LogP) is 5.97. The largest absolute Gasteiger partial charge is 0.417 e. The maximum atomic E-state index is 14.2. The molecule has 0 aliphatic carbocycles. The minimum atomic E-state index is -4.85. The maximum Gasteiger partial charge on any atom is 0.417 e. The van der Waals surface area contributed by atoms with Gasteiger partial charge in [0.25, 0.3) is 0 Å². The molecule has 4 aromatic rings. The lowest BCUT2D eigenvalue weighted by atomic mass is 10.1. The van der Waals surface area contributed by atoms with E-state index < -0.39 is 34.8 Å². The molecule has 2 N–H and O–H groups in total. The zero-order valence-electron chi connectivity index (χ0n) is 17.0. The van der Waals surface area contributed by atoms with Crippen molar-refractivity contribution in [3.8, 4) is 11.4 Å². The van der Waals surface area contributed by atoms with Gasteiger partial charge in [-0.25, -0.2) is 28.1 Å². The van der Waals surface area contributed by atoms with Gasteiger partial charge in [-0.2, -0.15) is 13.2 Å². The van der Waals surface area contributed by atoms with Gasteiger partial charge in [0.15, 0.2) is 5.82 Å². The third-order valence-electron chi connectivity index (χ3n) is 5.17. The molecule has 1 aliphatic rings. The van der Waals surface area contributed by atoms with Crippen LogP contribution in [0.4, 0.5) is 37.8 Å². The summed E-state index contributed by atoms with van der Waals surface area (Å²) < 4.78 is 82.5. The molecule has 3 aromatic carbocycles. The third kappa shape index (κ3) is 3.89. The van der Waals surface area contributed by atoms with Crippen molar-refractivity contribution in [2.45, 2.75) is 6.18 Å². The molecule has 0 spiro atoms. The molecule has 0 saturated heterocycles. The number of alkyl halides is 3. The quantitative estimate of drug-likeness (QED) is 0.352. The number of hydrogen-bond donors (Lipinski definition) is 2. The van der Waals surface area contributed by atoms with Crippen molar-refractivity contribution in [3.05, 3.63) is 83.2 Å². The molecule has 1 aromatic heterocycles. The second-order valence-corrected chi connectivity index (χ2v) is 7.38.